The summed E-state index contributed by atoms with van der Waals surface area (Å²) in [6.07, 6.45) is 0.368. The molecule has 11 heteroatoms. The molecule has 3 rings (SSSR count). The minimum absolute atomic E-state index is 0.0781. The number of amides is 3. The minimum Gasteiger partial charge on any atom is -0.352 e. The lowest BCUT2D eigenvalue weighted by Crippen LogP contribution is -2.51. The maximum absolute atomic E-state index is 14.7. The summed E-state index contributed by atoms with van der Waals surface area (Å²) in [5.74, 6) is -6.37. The Labute approximate surface area is 233 Å². The van der Waals surface area contributed by atoms with Crippen LogP contribution in [0.5, 0.6) is 0 Å². The SMILES string of the molecule is CC(=O)N[C@@H](CC1CCC(F)(F)CC1)C(=O)NC[C@H](C)NC(=O)[C@@H]1CN(C(C)(C)C)C[C@H]1c1ccc(F)cc1F. The minimum atomic E-state index is -2.68. The van der Waals surface area contributed by atoms with Crippen molar-refractivity contribution in [2.24, 2.45) is 11.8 Å². The van der Waals surface area contributed by atoms with Crippen LogP contribution in [0.2, 0.25) is 0 Å². The predicted molar refractivity (Wildman–Crippen MR) is 144 cm³/mol. The van der Waals surface area contributed by atoms with Crippen LogP contribution in [0.25, 0.3) is 0 Å². The Morgan fingerprint density at radius 3 is 2.30 bits per heavy atom. The number of carbonyl (C=O) groups excluding carboxylic acids is 3. The summed E-state index contributed by atoms with van der Waals surface area (Å²) in [6.45, 7) is 9.94. The summed E-state index contributed by atoms with van der Waals surface area (Å²) >= 11 is 0. The van der Waals surface area contributed by atoms with Crippen molar-refractivity contribution < 1.29 is 31.9 Å². The van der Waals surface area contributed by atoms with Gasteiger partial charge in [0.1, 0.15) is 17.7 Å². The van der Waals surface area contributed by atoms with Crippen molar-refractivity contribution in [3.05, 3.63) is 35.4 Å². The molecular formula is C29H42F4N4O3. The molecule has 0 spiro atoms. The highest BCUT2D eigenvalue weighted by molar-refractivity contribution is 5.87. The fourth-order valence-electron chi connectivity index (χ4n) is 5.66. The number of benzene rings is 1. The molecule has 1 saturated carbocycles. The topological polar surface area (TPSA) is 90.5 Å². The predicted octanol–water partition coefficient (Wildman–Crippen LogP) is 4.12. The molecule has 3 N–H and O–H groups in total. The van der Waals surface area contributed by atoms with E-state index in [-0.39, 0.29) is 61.6 Å². The zero-order valence-corrected chi connectivity index (χ0v) is 24.0. The van der Waals surface area contributed by atoms with Crippen molar-refractivity contribution in [2.75, 3.05) is 19.6 Å². The van der Waals surface area contributed by atoms with Gasteiger partial charge >= 0.3 is 0 Å². The summed E-state index contributed by atoms with van der Waals surface area (Å²) in [4.78, 5) is 40.1. The molecule has 0 bridgehead atoms. The Morgan fingerprint density at radius 1 is 1.07 bits per heavy atom. The highest BCUT2D eigenvalue weighted by Crippen LogP contribution is 2.39. The van der Waals surface area contributed by atoms with Gasteiger partial charge in [-0.1, -0.05) is 6.07 Å². The third-order valence-corrected chi connectivity index (χ3v) is 8.04. The molecule has 0 unspecified atom stereocenters. The van der Waals surface area contributed by atoms with E-state index in [1.54, 1.807) is 6.92 Å². The van der Waals surface area contributed by atoms with E-state index in [1.165, 1.54) is 19.1 Å². The van der Waals surface area contributed by atoms with Crippen molar-refractivity contribution in [3.63, 3.8) is 0 Å². The molecule has 0 radical (unpaired) electrons. The van der Waals surface area contributed by atoms with Crippen LogP contribution in [0.4, 0.5) is 17.6 Å². The summed E-state index contributed by atoms with van der Waals surface area (Å²) in [5, 5.41) is 8.27. The molecule has 1 aromatic carbocycles. The lowest BCUT2D eigenvalue weighted by atomic mass is 9.82. The number of likely N-dealkylation sites (tertiary alicyclic amines) is 1. The smallest absolute Gasteiger partial charge is 0.248 e. The van der Waals surface area contributed by atoms with Gasteiger partial charge in [-0.25, -0.2) is 17.6 Å². The zero-order chi connectivity index (χ0) is 29.8. The van der Waals surface area contributed by atoms with Gasteiger partial charge in [-0.3, -0.25) is 19.3 Å². The molecule has 40 heavy (non-hydrogen) atoms. The first kappa shape index (κ1) is 31.8. The highest BCUT2D eigenvalue weighted by atomic mass is 19.3. The van der Waals surface area contributed by atoms with Crippen LogP contribution < -0.4 is 16.0 Å². The van der Waals surface area contributed by atoms with Crippen LogP contribution in [0, 0.1) is 23.5 Å². The van der Waals surface area contributed by atoms with Crippen molar-refractivity contribution in [1.82, 2.24) is 20.9 Å². The molecule has 1 aliphatic carbocycles. The zero-order valence-electron chi connectivity index (χ0n) is 24.0. The number of hydrogen-bond donors (Lipinski definition) is 3. The van der Waals surface area contributed by atoms with E-state index in [9.17, 15) is 31.9 Å². The van der Waals surface area contributed by atoms with Gasteiger partial charge in [-0.05, 0) is 64.5 Å². The summed E-state index contributed by atoms with van der Waals surface area (Å²) in [6, 6.07) is 2.06. The number of alkyl halides is 2. The Hall–Kier alpha value is -2.69. The maximum Gasteiger partial charge on any atom is 0.248 e. The van der Waals surface area contributed by atoms with Crippen molar-refractivity contribution in [2.45, 2.75) is 96.2 Å². The molecule has 1 saturated heterocycles. The van der Waals surface area contributed by atoms with E-state index in [1.807, 2.05) is 20.8 Å². The third kappa shape index (κ3) is 8.65. The molecule has 1 aliphatic heterocycles. The molecule has 224 valence electrons. The Bertz CT molecular complexity index is 1070. The summed E-state index contributed by atoms with van der Waals surface area (Å²) < 4.78 is 55.3. The van der Waals surface area contributed by atoms with Crippen LogP contribution in [0.15, 0.2) is 18.2 Å². The number of nitrogens with one attached hydrogen (secondary N) is 3. The van der Waals surface area contributed by atoms with Crippen molar-refractivity contribution in [1.29, 1.82) is 0 Å². The number of halogens is 4. The van der Waals surface area contributed by atoms with E-state index in [0.29, 0.717) is 13.1 Å². The molecular weight excluding hydrogens is 528 g/mol. The first-order chi connectivity index (χ1) is 18.6. The standard InChI is InChI=1S/C29H42F4N4O3/c1-17(14-34-27(40)25(36-18(2)38)12-19-8-10-29(32,33)11-9-19)35-26(39)23-16-37(28(3,4)5)15-22(23)21-7-6-20(30)13-24(21)31/h6-7,13,17,19,22-23,25H,8-12,14-16H2,1-5H3,(H,34,40)(H,35,39)(H,36,38)/t17-,22-,23+,25-/m0/s1. The van der Waals surface area contributed by atoms with Gasteiger partial charge < -0.3 is 16.0 Å². The fourth-order valence-corrected chi connectivity index (χ4v) is 5.66. The van der Waals surface area contributed by atoms with E-state index in [2.05, 4.69) is 20.9 Å². The fraction of sp³-hybridized carbons (Fsp3) is 0.690. The quantitative estimate of drug-likeness (QED) is 0.390. The van der Waals surface area contributed by atoms with Crippen LogP contribution >= 0.6 is 0 Å². The van der Waals surface area contributed by atoms with E-state index < -0.39 is 53.3 Å². The van der Waals surface area contributed by atoms with Crippen LogP contribution in [-0.4, -0.2) is 65.8 Å². The molecule has 1 heterocycles. The Morgan fingerprint density at radius 2 is 1.73 bits per heavy atom. The van der Waals surface area contributed by atoms with Crippen LogP contribution in [0.1, 0.15) is 78.2 Å². The van der Waals surface area contributed by atoms with Gasteiger partial charge in [-0.15, -0.1) is 0 Å². The molecule has 1 aromatic rings. The number of carbonyl (C=O) groups is 3. The monoisotopic (exact) mass is 570 g/mol. The lowest BCUT2D eigenvalue weighted by molar-refractivity contribution is -0.129. The number of hydrogen-bond acceptors (Lipinski definition) is 4. The van der Waals surface area contributed by atoms with Gasteiger partial charge in [0.05, 0.1) is 5.92 Å². The first-order valence-corrected chi connectivity index (χ1v) is 14.0. The van der Waals surface area contributed by atoms with E-state index in [4.69, 9.17) is 0 Å². The largest absolute Gasteiger partial charge is 0.352 e. The molecule has 2 fully saturated rings. The second-order valence-corrected chi connectivity index (χ2v) is 12.4. The Kier molecular flexibility index (Phi) is 10.2. The maximum atomic E-state index is 14.7. The molecule has 3 amide bonds. The average molecular weight is 571 g/mol. The number of rotatable bonds is 9. The van der Waals surface area contributed by atoms with E-state index in [0.717, 1.165) is 6.07 Å². The van der Waals surface area contributed by atoms with Gasteiger partial charge in [0.25, 0.3) is 0 Å². The molecule has 4 atom stereocenters. The van der Waals surface area contributed by atoms with Gasteiger partial charge in [0.15, 0.2) is 0 Å². The Balaban J connectivity index is 1.61. The third-order valence-electron chi connectivity index (χ3n) is 8.04. The summed E-state index contributed by atoms with van der Waals surface area (Å²) in [5.41, 5.74) is 0.0175. The average Bonchev–Trinajstić information content (AvgIpc) is 3.29. The second-order valence-electron chi connectivity index (χ2n) is 12.4. The van der Waals surface area contributed by atoms with E-state index >= 15 is 0 Å². The van der Waals surface area contributed by atoms with Gasteiger partial charge in [-0.2, -0.15) is 0 Å². The lowest BCUT2D eigenvalue weighted by Gasteiger charge is -2.31. The molecule has 2 aliphatic rings. The normalized spacial score (nSPS) is 23.3. The van der Waals surface area contributed by atoms with Crippen LogP contribution in [-0.2, 0) is 14.4 Å². The second kappa shape index (κ2) is 12.9. The van der Waals surface area contributed by atoms with Crippen LogP contribution in [0.3, 0.4) is 0 Å². The van der Waals surface area contributed by atoms with Gasteiger partial charge in [0, 0.05) is 63.0 Å². The molecule has 7 nitrogen and oxygen atoms in total. The first-order valence-electron chi connectivity index (χ1n) is 14.0. The summed E-state index contributed by atoms with van der Waals surface area (Å²) in [7, 11) is 0. The van der Waals surface area contributed by atoms with Gasteiger partial charge in [0.2, 0.25) is 23.6 Å². The highest BCUT2D eigenvalue weighted by Gasteiger charge is 2.43. The van der Waals surface area contributed by atoms with Crippen molar-refractivity contribution in [3.8, 4) is 0 Å². The molecule has 0 aromatic heterocycles. The number of nitrogens with zero attached hydrogens (tertiary/aromatic N) is 1. The van der Waals surface area contributed by atoms with Crippen molar-refractivity contribution >= 4 is 17.7 Å².